The molecule has 11 heteroatoms. The second kappa shape index (κ2) is 9.82. The number of anilines is 1. The van der Waals surface area contributed by atoms with Gasteiger partial charge < -0.3 is 26.8 Å². The molecule has 0 spiro atoms. The van der Waals surface area contributed by atoms with Gasteiger partial charge in [-0.05, 0) is 37.8 Å². The summed E-state index contributed by atoms with van der Waals surface area (Å²) in [5.74, 6) is 0.156. The number of hydrogen-bond donors (Lipinski definition) is 4. The van der Waals surface area contributed by atoms with E-state index in [1.165, 1.54) is 6.33 Å². The molecule has 3 aromatic heterocycles. The molecule has 0 saturated heterocycles. The number of nitrogens with two attached hydrogens (primary N) is 2. The number of nitrogens with zero attached hydrogens (tertiary/aromatic N) is 4. The molecule has 6 N–H and O–H groups in total. The van der Waals surface area contributed by atoms with E-state index in [-0.39, 0.29) is 23.7 Å². The largest absolute Gasteiger partial charge is 0.481 e. The Bertz CT molecular complexity index is 1150. The summed E-state index contributed by atoms with van der Waals surface area (Å²) < 4.78 is 6.84. The standard InChI is InChI=1S/C22H28N8O3/c1-33-19-10-13(6-8-26-19)17-11-16(20-21(24)27-12-28-30(17)20)22(32)29-15-4-2-14(3-5-15)25-9-7-18(23)31/h6,8,10-12,14-15,25H,2-5,7,9H2,1H3,(H2,23,31)(H,29,32)(H2,24,27,28)/t14-,15-. The van der Waals surface area contributed by atoms with Gasteiger partial charge in [-0.2, -0.15) is 5.10 Å². The molecule has 11 nitrogen and oxygen atoms in total. The molecule has 0 atom stereocenters. The molecule has 1 saturated carbocycles. The highest BCUT2D eigenvalue weighted by Crippen LogP contribution is 2.29. The van der Waals surface area contributed by atoms with Gasteiger partial charge in [-0.25, -0.2) is 14.5 Å². The number of rotatable bonds is 8. The van der Waals surface area contributed by atoms with Crippen molar-refractivity contribution < 1.29 is 14.3 Å². The van der Waals surface area contributed by atoms with E-state index >= 15 is 0 Å². The van der Waals surface area contributed by atoms with E-state index in [0.717, 1.165) is 31.2 Å². The zero-order valence-electron chi connectivity index (χ0n) is 18.5. The van der Waals surface area contributed by atoms with Gasteiger partial charge in [0.2, 0.25) is 11.8 Å². The van der Waals surface area contributed by atoms with Gasteiger partial charge in [0.25, 0.3) is 5.91 Å². The topological polar surface area (TPSA) is 163 Å². The number of ether oxygens (including phenoxy) is 1. The Morgan fingerprint density at radius 3 is 2.67 bits per heavy atom. The number of carbonyl (C=O) groups is 2. The van der Waals surface area contributed by atoms with Crippen LogP contribution in [0.25, 0.3) is 16.8 Å². The van der Waals surface area contributed by atoms with Crippen molar-refractivity contribution in [3.05, 3.63) is 36.3 Å². The van der Waals surface area contributed by atoms with Crippen molar-refractivity contribution in [1.82, 2.24) is 30.2 Å². The maximum Gasteiger partial charge on any atom is 0.253 e. The number of hydrogen-bond acceptors (Lipinski definition) is 8. The molecule has 33 heavy (non-hydrogen) atoms. The molecule has 4 rings (SSSR count). The maximum atomic E-state index is 13.2. The molecule has 0 radical (unpaired) electrons. The van der Waals surface area contributed by atoms with E-state index in [2.05, 4.69) is 25.7 Å². The maximum absolute atomic E-state index is 13.2. The molecule has 1 aliphatic carbocycles. The van der Waals surface area contributed by atoms with E-state index in [1.807, 2.05) is 6.07 Å². The summed E-state index contributed by atoms with van der Waals surface area (Å²) in [5.41, 5.74) is 13.7. The quantitative estimate of drug-likeness (QED) is 0.391. The van der Waals surface area contributed by atoms with Crippen LogP contribution in [0.15, 0.2) is 30.7 Å². The SMILES string of the molecule is COc1cc(-c2cc(C(=O)N[C@H]3CC[C@H](NCCC(N)=O)CC3)c3c(N)ncnn23)ccn1. The van der Waals surface area contributed by atoms with Crippen LogP contribution in [0.4, 0.5) is 5.82 Å². The van der Waals surface area contributed by atoms with Crippen LogP contribution < -0.4 is 26.8 Å². The van der Waals surface area contributed by atoms with Gasteiger partial charge in [0.1, 0.15) is 11.8 Å². The Morgan fingerprint density at radius 1 is 1.18 bits per heavy atom. The molecular weight excluding hydrogens is 424 g/mol. The minimum Gasteiger partial charge on any atom is -0.481 e. The second-order valence-electron chi connectivity index (χ2n) is 8.13. The highest BCUT2D eigenvalue weighted by molar-refractivity contribution is 6.05. The highest BCUT2D eigenvalue weighted by atomic mass is 16.5. The Labute approximate surface area is 190 Å². The molecule has 3 heterocycles. The number of nitrogen functional groups attached to an aromatic ring is 1. The van der Waals surface area contributed by atoms with Gasteiger partial charge in [0.15, 0.2) is 5.82 Å². The average molecular weight is 453 g/mol. The summed E-state index contributed by atoms with van der Waals surface area (Å²) in [5, 5.41) is 10.8. The normalized spacial score (nSPS) is 18.2. The van der Waals surface area contributed by atoms with Crippen molar-refractivity contribution in [3.8, 4) is 17.1 Å². The van der Waals surface area contributed by atoms with Crippen LogP contribution in [0.1, 0.15) is 42.5 Å². The van der Waals surface area contributed by atoms with Gasteiger partial charge >= 0.3 is 0 Å². The van der Waals surface area contributed by atoms with Gasteiger partial charge in [-0.1, -0.05) is 0 Å². The first-order chi connectivity index (χ1) is 16.0. The first kappa shape index (κ1) is 22.5. The number of amides is 2. The van der Waals surface area contributed by atoms with Crippen LogP contribution >= 0.6 is 0 Å². The Hall–Kier alpha value is -3.73. The van der Waals surface area contributed by atoms with Crippen LogP contribution in [0, 0.1) is 0 Å². The Balaban J connectivity index is 1.50. The molecule has 3 aromatic rings. The average Bonchev–Trinajstić information content (AvgIpc) is 3.21. The zero-order valence-corrected chi connectivity index (χ0v) is 18.5. The van der Waals surface area contributed by atoms with Crippen molar-refractivity contribution >= 4 is 23.1 Å². The highest BCUT2D eigenvalue weighted by Gasteiger charge is 2.25. The zero-order chi connectivity index (χ0) is 23.4. The number of primary amides is 1. The monoisotopic (exact) mass is 452 g/mol. The molecule has 1 aliphatic rings. The Morgan fingerprint density at radius 2 is 1.94 bits per heavy atom. The number of pyridine rings is 1. The predicted molar refractivity (Wildman–Crippen MR) is 123 cm³/mol. The van der Waals surface area contributed by atoms with Crippen LogP contribution in [-0.2, 0) is 4.79 Å². The summed E-state index contributed by atoms with van der Waals surface area (Å²) in [6, 6.07) is 5.73. The first-order valence-electron chi connectivity index (χ1n) is 10.9. The van der Waals surface area contributed by atoms with Gasteiger partial charge in [0.05, 0.1) is 18.4 Å². The predicted octanol–water partition coefficient (Wildman–Crippen LogP) is 0.888. The lowest BCUT2D eigenvalue weighted by atomic mass is 9.91. The van der Waals surface area contributed by atoms with E-state index in [4.69, 9.17) is 16.2 Å². The van der Waals surface area contributed by atoms with Crippen LogP contribution in [0.3, 0.4) is 0 Å². The summed E-state index contributed by atoms with van der Waals surface area (Å²) in [7, 11) is 1.55. The number of aromatic nitrogens is 4. The smallest absolute Gasteiger partial charge is 0.253 e. The van der Waals surface area contributed by atoms with Crippen LogP contribution in [0.5, 0.6) is 5.88 Å². The van der Waals surface area contributed by atoms with Crippen LogP contribution in [-0.4, -0.2) is 57.1 Å². The summed E-state index contributed by atoms with van der Waals surface area (Å²) >= 11 is 0. The molecular formula is C22H28N8O3. The lowest BCUT2D eigenvalue weighted by molar-refractivity contribution is -0.117. The number of nitrogens with one attached hydrogen (secondary N) is 2. The second-order valence-corrected chi connectivity index (χ2v) is 8.13. The number of methoxy groups -OCH3 is 1. The fourth-order valence-corrected chi connectivity index (χ4v) is 4.23. The summed E-state index contributed by atoms with van der Waals surface area (Å²) in [4.78, 5) is 32.3. The number of fused-ring (bicyclic) bond motifs is 1. The van der Waals surface area contributed by atoms with E-state index < -0.39 is 0 Å². The first-order valence-corrected chi connectivity index (χ1v) is 10.9. The third-order valence-electron chi connectivity index (χ3n) is 5.93. The fraction of sp³-hybridized carbons (Fsp3) is 0.409. The molecule has 1 fully saturated rings. The van der Waals surface area contributed by atoms with Gasteiger partial charge in [-0.3, -0.25) is 9.59 Å². The molecule has 174 valence electrons. The van der Waals surface area contributed by atoms with Crippen molar-refractivity contribution in [2.24, 2.45) is 5.73 Å². The van der Waals surface area contributed by atoms with Crippen LogP contribution in [0.2, 0.25) is 0 Å². The molecule has 0 unspecified atom stereocenters. The van der Waals surface area contributed by atoms with E-state index in [9.17, 15) is 9.59 Å². The van der Waals surface area contributed by atoms with Gasteiger partial charge in [0, 0.05) is 42.9 Å². The number of carbonyl (C=O) groups excluding carboxylic acids is 2. The third kappa shape index (κ3) is 5.03. The lowest BCUT2D eigenvalue weighted by Crippen LogP contribution is -2.42. The lowest BCUT2D eigenvalue weighted by Gasteiger charge is -2.29. The van der Waals surface area contributed by atoms with E-state index in [1.54, 1.807) is 30.0 Å². The molecule has 0 bridgehead atoms. The summed E-state index contributed by atoms with van der Waals surface area (Å²) in [6.07, 6.45) is 6.82. The van der Waals surface area contributed by atoms with Crippen molar-refractivity contribution in [1.29, 1.82) is 0 Å². The third-order valence-corrected chi connectivity index (χ3v) is 5.93. The van der Waals surface area contributed by atoms with E-state index in [0.29, 0.717) is 41.7 Å². The fourth-order valence-electron chi connectivity index (χ4n) is 4.23. The van der Waals surface area contributed by atoms with Crippen molar-refractivity contribution in [2.45, 2.75) is 44.2 Å². The molecule has 2 amide bonds. The molecule has 0 aliphatic heterocycles. The minimum atomic E-state index is -0.309. The Kier molecular flexibility index (Phi) is 6.68. The van der Waals surface area contributed by atoms with Crippen molar-refractivity contribution in [2.75, 3.05) is 19.4 Å². The minimum absolute atomic E-state index is 0.0527. The van der Waals surface area contributed by atoms with Crippen molar-refractivity contribution in [3.63, 3.8) is 0 Å². The van der Waals surface area contributed by atoms with Gasteiger partial charge in [-0.15, -0.1) is 0 Å². The molecule has 0 aromatic carbocycles. The summed E-state index contributed by atoms with van der Waals surface area (Å²) in [6.45, 7) is 0.579.